The highest BCUT2D eigenvalue weighted by Gasteiger charge is 2.40. The van der Waals surface area contributed by atoms with Gasteiger partial charge in [0.1, 0.15) is 35.2 Å². The third-order valence-corrected chi connectivity index (χ3v) is 8.84. The van der Waals surface area contributed by atoms with E-state index in [1.807, 2.05) is 41.5 Å². The summed E-state index contributed by atoms with van der Waals surface area (Å²) in [5, 5.41) is 19.4. The number of halogens is 2. The van der Waals surface area contributed by atoms with Crippen molar-refractivity contribution in [3.05, 3.63) is 60.2 Å². The Balaban J connectivity index is 1.33. The zero-order chi connectivity index (χ0) is 38.6. The molecule has 2 heterocycles. The molecule has 2 amide bonds. The van der Waals surface area contributed by atoms with E-state index in [-0.39, 0.29) is 10.8 Å². The van der Waals surface area contributed by atoms with Gasteiger partial charge in [-0.1, -0.05) is 65.8 Å². The lowest BCUT2D eigenvalue weighted by atomic mass is 9.85. The highest BCUT2D eigenvalue weighted by atomic mass is 19.1. The first-order chi connectivity index (χ1) is 23.9. The van der Waals surface area contributed by atoms with Crippen LogP contribution < -0.4 is 31.9 Å². The van der Waals surface area contributed by atoms with Gasteiger partial charge >= 0.3 is 12.2 Å². The number of hydrogen-bond donors (Lipinski definition) is 6. The van der Waals surface area contributed by atoms with Crippen LogP contribution in [0.25, 0.3) is 22.3 Å². The monoisotopic (exact) mass is 720 g/mol. The predicted octanol–water partition coefficient (Wildman–Crippen LogP) is 9.50. The van der Waals surface area contributed by atoms with Crippen LogP contribution in [-0.4, -0.2) is 47.8 Å². The summed E-state index contributed by atoms with van der Waals surface area (Å²) in [6, 6.07) is 12.6. The van der Waals surface area contributed by atoms with Crippen LogP contribution in [0.4, 0.5) is 41.1 Å². The summed E-state index contributed by atoms with van der Waals surface area (Å²) in [7, 11) is 0. The zero-order valence-electron chi connectivity index (χ0n) is 32.3. The largest absolute Gasteiger partial charge is 0.444 e. The van der Waals surface area contributed by atoms with E-state index in [0.29, 0.717) is 45.0 Å². The van der Waals surface area contributed by atoms with Crippen LogP contribution in [0, 0.1) is 22.5 Å². The van der Waals surface area contributed by atoms with E-state index in [9.17, 15) is 9.59 Å². The number of amides is 2. The molecule has 6 N–H and O–H groups in total. The van der Waals surface area contributed by atoms with Crippen molar-refractivity contribution in [1.82, 2.24) is 10.6 Å². The maximum atomic E-state index is 15.6. The average molecular weight is 721 g/mol. The molecule has 0 fully saturated rings. The van der Waals surface area contributed by atoms with E-state index in [4.69, 9.17) is 9.47 Å². The zero-order valence-corrected chi connectivity index (χ0v) is 32.3. The van der Waals surface area contributed by atoms with Crippen LogP contribution in [0.15, 0.2) is 48.5 Å². The molecule has 3 aromatic carbocycles. The molecular weight excluding hydrogens is 666 g/mol. The number of nitrogens with one attached hydrogen (secondary N) is 6. The Bertz CT molecular complexity index is 1690. The van der Waals surface area contributed by atoms with Crippen molar-refractivity contribution in [3.8, 4) is 22.3 Å². The topological polar surface area (TPSA) is 125 Å². The molecule has 0 aliphatic carbocycles. The molecule has 10 nitrogen and oxygen atoms in total. The first-order valence-corrected chi connectivity index (χ1v) is 17.7. The lowest BCUT2D eigenvalue weighted by Gasteiger charge is -2.36. The highest BCUT2D eigenvalue weighted by molar-refractivity contribution is 5.85. The minimum absolute atomic E-state index is 0.370. The van der Waals surface area contributed by atoms with Crippen LogP contribution in [0.1, 0.15) is 83.1 Å². The number of fused-ring (bicyclic) bond motifs is 2. The number of hydrogen-bond acceptors (Lipinski definition) is 8. The van der Waals surface area contributed by atoms with Gasteiger partial charge in [0.15, 0.2) is 0 Å². The van der Waals surface area contributed by atoms with Crippen molar-refractivity contribution in [2.45, 2.75) is 119 Å². The normalized spacial score (nSPS) is 18.0. The number of rotatable bonds is 6. The highest BCUT2D eigenvalue weighted by Crippen LogP contribution is 2.41. The van der Waals surface area contributed by atoms with E-state index < -0.39 is 59.4 Å². The lowest BCUT2D eigenvalue weighted by Crippen LogP contribution is -2.56. The van der Waals surface area contributed by atoms with Gasteiger partial charge in [-0.3, -0.25) is 0 Å². The minimum atomic E-state index is -0.652. The summed E-state index contributed by atoms with van der Waals surface area (Å²) in [5.41, 5.74) is 2.50. The number of ether oxygens (including phenoxy) is 2. The molecule has 3 aromatic rings. The van der Waals surface area contributed by atoms with E-state index in [0.717, 1.165) is 0 Å². The Morgan fingerprint density at radius 3 is 1.12 bits per heavy atom. The molecule has 0 saturated carbocycles. The first-order valence-electron chi connectivity index (χ1n) is 17.7. The molecule has 0 radical (unpaired) electrons. The lowest BCUT2D eigenvalue weighted by molar-refractivity contribution is 0.0448. The molecule has 2 aliphatic rings. The minimum Gasteiger partial charge on any atom is -0.444 e. The smallest absolute Gasteiger partial charge is 0.408 e. The van der Waals surface area contributed by atoms with Crippen molar-refractivity contribution in [2.75, 3.05) is 21.3 Å². The number of anilines is 4. The molecule has 0 spiro atoms. The van der Waals surface area contributed by atoms with Crippen molar-refractivity contribution < 1.29 is 27.8 Å². The van der Waals surface area contributed by atoms with E-state index >= 15 is 8.78 Å². The molecule has 2 aliphatic heterocycles. The Morgan fingerprint density at radius 1 is 0.558 bits per heavy atom. The van der Waals surface area contributed by atoms with Crippen LogP contribution >= 0.6 is 0 Å². The molecule has 282 valence electrons. The second kappa shape index (κ2) is 13.7. The summed E-state index contributed by atoms with van der Waals surface area (Å²) >= 11 is 0. The van der Waals surface area contributed by atoms with Gasteiger partial charge in [-0.15, -0.1) is 0 Å². The van der Waals surface area contributed by atoms with Crippen molar-refractivity contribution in [1.29, 1.82) is 0 Å². The average Bonchev–Trinajstić information content (AvgIpc) is 3.58. The molecule has 4 atom stereocenters. The third-order valence-electron chi connectivity index (χ3n) is 8.84. The summed E-state index contributed by atoms with van der Waals surface area (Å²) in [4.78, 5) is 25.4. The second-order valence-corrected chi connectivity index (χ2v) is 17.8. The fourth-order valence-corrected chi connectivity index (χ4v) is 6.44. The number of alkyl carbamates (subject to hydrolysis) is 2. The Hall–Kier alpha value is -4.74. The van der Waals surface area contributed by atoms with E-state index in [1.165, 1.54) is 12.1 Å². The van der Waals surface area contributed by atoms with Gasteiger partial charge in [0, 0.05) is 11.1 Å². The van der Waals surface area contributed by atoms with Crippen LogP contribution in [0.2, 0.25) is 0 Å². The van der Waals surface area contributed by atoms with E-state index in [1.54, 1.807) is 77.9 Å². The van der Waals surface area contributed by atoms with Crippen molar-refractivity contribution >= 4 is 34.9 Å². The molecule has 52 heavy (non-hydrogen) atoms. The molecule has 0 saturated heterocycles. The van der Waals surface area contributed by atoms with Gasteiger partial charge < -0.3 is 41.4 Å². The van der Waals surface area contributed by atoms with Crippen molar-refractivity contribution in [3.63, 3.8) is 0 Å². The third kappa shape index (κ3) is 9.00. The molecule has 12 heteroatoms. The second-order valence-electron chi connectivity index (χ2n) is 17.8. The summed E-state index contributed by atoms with van der Waals surface area (Å²) in [6.07, 6.45) is -1.90. The van der Waals surface area contributed by atoms with Gasteiger partial charge in [0.2, 0.25) is 0 Å². The molecule has 0 bridgehead atoms. The standard InChI is InChI=1S/C40H54F2N6O4/c1-37(2,3)31(47-35(49)51-39(7,8)9)33-43-27-17-23(25(41)19-29(27)45-33)21-13-15-22(16-14-21)24-18-28-30(20-26(24)42)46-34(44-28)32(38(4,5)6)48-36(50)52-40(10,11)12/h13-20,31-34,43-46H,1-12H3,(H,47,49)(H,48,50)/t31-,32-,33?,34?/m1/s1. The molecule has 0 aromatic heterocycles. The van der Waals surface area contributed by atoms with Gasteiger partial charge in [-0.2, -0.15) is 0 Å². The Labute approximate surface area is 306 Å². The first kappa shape index (κ1) is 38.5. The van der Waals surface area contributed by atoms with Crippen molar-refractivity contribution in [2.24, 2.45) is 10.8 Å². The summed E-state index contributed by atoms with van der Waals surface area (Å²) < 4.78 is 42.2. The quantitative estimate of drug-likeness (QED) is 0.149. The summed E-state index contributed by atoms with van der Waals surface area (Å²) in [5.74, 6) is -0.848. The number of carbonyl (C=O) groups is 2. The molecule has 2 unspecified atom stereocenters. The summed E-state index contributed by atoms with van der Waals surface area (Å²) in [6.45, 7) is 22.9. The molecule has 5 rings (SSSR count). The Morgan fingerprint density at radius 2 is 0.846 bits per heavy atom. The maximum Gasteiger partial charge on any atom is 0.408 e. The van der Waals surface area contributed by atoms with Gasteiger partial charge in [0.05, 0.1) is 34.8 Å². The molecular formula is C40H54F2N6O4. The van der Waals surface area contributed by atoms with Gasteiger partial charge in [0.25, 0.3) is 0 Å². The fourth-order valence-electron chi connectivity index (χ4n) is 6.44. The van der Waals surface area contributed by atoms with Crippen LogP contribution in [-0.2, 0) is 9.47 Å². The number of benzene rings is 3. The van der Waals surface area contributed by atoms with Crippen LogP contribution in [0.5, 0.6) is 0 Å². The SMILES string of the molecule is CC(C)(C)OC(=O)N[C@H](C1Nc2cc(F)c(-c3ccc(-c4cc5c(cc4F)NC([C@@H](NC(=O)OC(C)(C)C)C(C)(C)C)N5)cc3)cc2N1)C(C)(C)C. The Kier molecular flexibility index (Phi) is 10.1. The fraction of sp³-hybridized carbons (Fsp3) is 0.500. The van der Waals surface area contributed by atoms with Gasteiger partial charge in [-0.25, -0.2) is 18.4 Å². The van der Waals surface area contributed by atoms with Gasteiger partial charge in [-0.05, 0) is 87.8 Å². The number of carbonyl (C=O) groups excluding carboxylic acids is 2. The maximum absolute atomic E-state index is 15.6. The van der Waals surface area contributed by atoms with Crippen LogP contribution in [0.3, 0.4) is 0 Å². The van der Waals surface area contributed by atoms with E-state index in [2.05, 4.69) is 31.9 Å². The predicted molar refractivity (Wildman–Crippen MR) is 205 cm³/mol.